The van der Waals surface area contributed by atoms with Crippen LogP contribution < -0.4 is 0 Å². The lowest BCUT2D eigenvalue weighted by atomic mass is 10.0. The summed E-state index contributed by atoms with van der Waals surface area (Å²) in [6, 6.07) is 7.51. The van der Waals surface area contributed by atoms with Gasteiger partial charge in [0.05, 0.1) is 0 Å². The summed E-state index contributed by atoms with van der Waals surface area (Å²) < 4.78 is 0. The molecule has 0 saturated heterocycles. The molecule has 1 aliphatic heterocycles. The van der Waals surface area contributed by atoms with E-state index in [1.54, 1.807) is 18.0 Å². The van der Waals surface area contributed by atoms with E-state index in [2.05, 4.69) is 5.16 Å². The average molecular weight is 204 g/mol. The Morgan fingerprint density at radius 1 is 1.40 bits per heavy atom. The largest absolute Gasteiger partial charge is 0.410 e. The van der Waals surface area contributed by atoms with Gasteiger partial charge in [-0.2, -0.15) is 0 Å². The van der Waals surface area contributed by atoms with E-state index in [-0.39, 0.29) is 11.6 Å². The molecule has 4 heteroatoms. The van der Waals surface area contributed by atoms with Gasteiger partial charge in [-0.3, -0.25) is 4.79 Å². The molecule has 0 fully saturated rings. The number of amides is 1. The van der Waals surface area contributed by atoms with Gasteiger partial charge in [0.1, 0.15) is 0 Å². The minimum Gasteiger partial charge on any atom is -0.410 e. The van der Waals surface area contributed by atoms with Crippen molar-refractivity contribution in [1.29, 1.82) is 0 Å². The predicted molar refractivity (Wildman–Crippen MR) is 56.1 cm³/mol. The molecule has 0 unspecified atom stereocenters. The maximum absolute atomic E-state index is 11.8. The van der Waals surface area contributed by atoms with Crippen LogP contribution in [0.15, 0.2) is 29.4 Å². The van der Waals surface area contributed by atoms with Crippen LogP contribution in [0.1, 0.15) is 11.1 Å². The highest BCUT2D eigenvalue weighted by atomic mass is 16.4. The predicted octanol–water partition coefficient (Wildman–Crippen LogP) is 0.879. The van der Waals surface area contributed by atoms with Gasteiger partial charge in [0.25, 0.3) is 5.91 Å². The summed E-state index contributed by atoms with van der Waals surface area (Å²) in [6.07, 6.45) is 0.789. The van der Waals surface area contributed by atoms with Crippen molar-refractivity contribution < 1.29 is 10.0 Å². The monoisotopic (exact) mass is 204 g/mol. The molecule has 1 aromatic rings. The summed E-state index contributed by atoms with van der Waals surface area (Å²) in [7, 11) is 1.71. The van der Waals surface area contributed by atoms with Gasteiger partial charge in [0, 0.05) is 19.2 Å². The van der Waals surface area contributed by atoms with E-state index < -0.39 is 0 Å². The SMILES string of the molecule is CN1CCc2ccccc2/C(=N/O)C1=O. The van der Waals surface area contributed by atoms with E-state index >= 15 is 0 Å². The Labute approximate surface area is 87.8 Å². The van der Waals surface area contributed by atoms with E-state index in [9.17, 15) is 4.79 Å². The molecule has 1 N–H and O–H groups in total. The molecule has 0 aliphatic carbocycles. The highest BCUT2D eigenvalue weighted by molar-refractivity contribution is 6.45. The summed E-state index contributed by atoms with van der Waals surface area (Å²) in [6.45, 7) is 0.648. The zero-order valence-electron chi connectivity index (χ0n) is 8.47. The van der Waals surface area contributed by atoms with Gasteiger partial charge in [-0.15, -0.1) is 0 Å². The van der Waals surface area contributed by atoms with Gasteiger partial charge >= 0.3 is 0 Å². The molecule has 78 valence electrons. The fourth-order valence-corrected chi connectivity index (χ4v) is 1.75. The molecular formula is C11H12N2O2. The number of nitrogens with zero attached hydrogens (tertiary/aromatic N) is 2. The van der Waals surface area contributed by atoms with Crippen LogP contribution in [0.3, 0.4) is 0 Å². The maximum atomic E-state index is 11.8. The van der Waals surface area contributed by atoms with Crippen LogP contribution in [0.5, 0.6) is 0 Å². The lowest BCUT2D eigenvalue weighted by Gasteiger charge is -2.12. The van der Waals surface area contributed by atoms with Crippen molar-refractivity contribution in [3.63, 3.8) is 0 Å². The smallest absolute Gasteiger partial charge is 0.276 e. The average Bonchev–Trinajstić information content (AvgIpc) is 2.38. The lowest BCUT2D eigenvalue weighted by molar-refractivity contribution is -0.122. The zero-order valence-corrected chi connectivity index (χ0v) is 8.47. The molecule has 15 heavy (non-hydrogen) atoms. The summed E-state index contributed by atoms with van der Waals surface area (Å²) in [5, 5.41) is 12.0. The first-order chi connectivity index (χ1) is 7.24. The Bertz CT molecular complexity index is 426. The third-order valence-corrected chi connectivity index (χ3v) is 2.64. The van der Waals surface area contributed by atoms with Gasteiger partial charge in [-0.05, 0) is 12.0 Å². The quantitative estimate of drug-likeness (QED) is 0.504. The fourth-order valence-electron chi connectivity index (χ4n) is 1.75. The van der Waals surface area contributed by atoms with E-state index in [4.69, 9.17) is 5.21 Å². The molecule has 1 heterocycles. The summed E-state index contributed by atoms with van der Waals surface area (Å²) in [5.74, 6) is -0.234. The summed E-state index contributed by atoms with van der Waals surface area (Å²) >= 11 is 0. The second-order valence-electron chi connectivity index (χ2n) is 3.58. The van der Waals surface area contributed by atoms with Crippen molar-refractivity contribution in [2.24, 2.45) is 5.16 Å². The number of carbonyl (C=O) groups is 1. The number of hydrogen-bond acceptors (Lipinski definition) is 3. The number of likely N-dealkylation sites (N-methyl/N-ethyl adjacent to an activating group) is 1. The van der Waals surface area contributed by atoms with Crippen LogP contribution in [0.25, 0.3) is 0 Å². The van der Waals surface area contributed by atoms with Crippen molar-refractivity contribution in [3.8, 4) is 0 Å². The van der Waals surface area contributed by atoms with Gasteiger partial charge in [-0.1, -0.05) is 29.4 Å². The van der Waals surface area contributed by atoms with E-state index in [0.29, 0.717) is 6.54 Å². The summed E-state index contributed by atoms with van der Waals surface area (Å²) in [5.41, 5.74) is 1.91. The summed E-state index contributed by atoms with van der Waals surface area (Å²) in [4.78, 5) is 13.3. The highest BCUT2D eigenvalue weighted by Crippen LogP contribution is 2.16. The highest BCUT2D eigenvalue weighted by Gasteiger charge is 2.24. The van der Waals surface area contributed by atoms with Crippen molar-refractivity contribution in [2.45, 2.75) is 6.42 Å². The molecule has 0 radical (unpaired) electrons. The molecule has 1 amide bonds. The molecule has 0 aromatic heterocycles. The van der Waals surface area contributed by atoms with Gasteiger partial charge in [0.15, 0.2) is 5.71 Å². The van der Waals surface area contributed by atoms with Crippen LogP contribution in [0.2, 0.25) is 0 Å². The maximum Gasteiger partial charge on any atom is 0.276 e. The third-order valence-electron chi connectivity index (χ3n) is 2.64. The second kappa shape index (κ2) is 3.73. The first kappa shape index (κ1) is 9.71. The van der Waals surface area contributed by atoms with Crippen LogP contribution in [-0.4, -0.2) is 35.3 Å². The first-order valence-corrected chi connectivity index (χ1v) is 4.80. The number of carbonyl (C=O) groups excluding carboxylic acids is 1. The molecular weight excluding hydrogens is 192 g/mol. The molecule has 1 aliphatic rings. The van der Waals surface area contributed by atoms with Crippen molar-refractivity contribution in [1.82, 2.24) is 4.90 Å². The first-order valence-electron chi connectivity index (χ1n) is 4.80. The Kier molecular flexibility index (Phi) is 2.41. The number of oxime groups is 1. The van der Waals surface area contributed by atoms with E-state index in [1.807, 2.05) is 18.2 Å². The van der Waals surface area contributed by atoms with Crippen molar-refractivity contribution in [3.05, 3.63) is 35.4 Å². The third kappa shape index (κ3) is 1.58. The number of rotatable bonds is 0. The van der Waals surface area contributed by atoms with Gasteiger partial charge in [-0.25, -0.2) is 0 Å². The number of hydrogen-bond donors (Lipinski definition) is 1. The van der Waals surface area contributed by atoms with Crippen LogP contribution in [0.4, 0.5) is 0 Å². The minimum absolute atomic E-state index is 0.130. The van der Waals surface area contributed by atoms with Crippen LogP contribution >= 0.6 is 0 Å². The van der Waals surface area contributed by atoms with Gasteiger partial charge < -0.3 is 10.1 Å². The standard InChI is InChI=1S/C11H12N2O2/c1-13-7-6-8-4-2-3-5-9(8)10(12-15)11(13)14/h2-5,15H,6-7H2,1H3/b12-10-. The molecule has 0 saturated carbocycles. The van der Waals surface area contributed by atoms with E-state index in [0.717, 1.165) is 17.5 Å². The number of benzene rings is 1. The molecule has 0 atom stereocenters. The van der Waals surface area contributed by atoms with Crippen molar-refractivity contribution >= 4 is 11.6 Å². The van der Waals surface area contributed by atoms with Crippen molar-refractivity contribution in [2.75, 3.05) is 13.6 Å². The van der Waals surface area contributed by atoms with Gasteiger partial charge in [0.2, 0.25) is 0 Å². The molecule has 2 rings (SSSR count). The zero-order chi connectivity index (χ0) is 10.8. The molecule has 0 spiro atoms. The van der Waals surface area contributed by atoms with Crippen LogP contribution in [-0.2, 0) is 11.2 Å². The second-order valence-corrected chi connectivity index (χ2v) is 3.58. The fraction of sp³-hybridized carbons (Fsp3) is 0.273. The van der Waals surface area contributed by atoms with Crippen LogP contribution in [0, 0.1) is 0 Å². The molecule has 0 bridgehead atoms. The number of fused-ring (bicyclic) bond motifs is 1. The Balaban J connectivity index is 2.56. The Morgan fingerprint density at radius 2 is 2.13 bits per heavy atom. The topological polar surface area (TPSA) is 52.9 Å². The molecule has 1 aromatic carbocycles. The lowest BCUT2D eigenvalue weighted by Crippen LogP contribution is -2.32. The minimum atomic E-state index is -0.234. The normalized spacial score (nSPS) is 18.9. The Morgan fingerprint density at radius 3 is 2.87 bits per heavy atom. The Hall–Kier alpha value is -1.84. The van der Waals surface area contributed by atoms with E-state index in [1.165, 1.54) is 0 Å². The molecule has 4 nitrogen and oxygen atoms in total.